The molecule has 0 amide bonds. The van der Waals surface area contributed by atoms with Crippen LogP contribution in [0.25, 0.3) is 0 Å². The van der Waals surface area contributed by atoms with Gasteiger partial charge in [-0.1, -0.05) is 22.0 Å². The highest BCUT2D eigenvalue weighted by Crippen LogP contribution is 2.26. The van der Waals surface area contributed by atoms with Gasteiger partial charge in [-0.3, -0.25) is 19.7 Å². The molecule has 0 N–H and O–H groups in total. The Kier molecular flexibility index (Phi) is 6.48. The summed E-state index contributed by atoms with van der Waals surface area (Å²) in [5.74, 6) is -1.76. The number of rotatable bonds is 7. The van der Waals surface area contributed by atoms with Crippen LogP contribution in [0.5, 0.6) is 0 Å². The number of esters is 1. The number of nitro benzene ring substituents is 1. The quantitative estimate of drug-likeness (QED) is 0.324. The zero-order valence-electron chi connectivity index (χ0n) is 11.8. The summed E-state index contributed by atoms with van der Waals surface area (Å²) >= 11 is 3.18. The number of carbonyl (C=O) groups is 2. The first-order valence-electron chi connectivity index (χ1n) is 6.46. The summed E-state index contributed by atoms with van der Waals surface area (Å²) < 4.78 is 5.45. The summed E-state index contributed by atoms with van der Waals surface area (Å²) in [6, 6.07) is 4.71. The average Bonchev–Trinajstić information content (AvgIpc) is 2.40. The first-order chi connectivity index (χ1) is 9.86. The lowest BCUT2D eigenvalue weighted by molar-refractivity contribution is -0.385. The molecule has 0 saturated heterocycles. The molecule has 1 atom stereocenters. The second kappa shape index (κ2) is 7.87. The second-order valence-electron chi connectivity index (χ2n) is 4.48. The van der Waals surface area contributed by atoms with Crippen LogP contribution < -0.4 is 0 Å². The van der Waals surface area contributed by atoms with Crippen molar-refractivity contribution in [3.63, 3.8) is 0 Å². The van der Waals surface area contributed by atoms with Crippen LogP contribution in [0.2, 0.25) is 0 Å². The molecule has 0 aromatic heterocycles. The highest BCUT2D eigenvalue weighted by molar-refractivity contribution is 9.10. The van der Waals surface area contributed by atoms with Gasteiger partial charge in [0.15, 0.2) is 0 Å². The zero-order chi connectivity index (χ0) is 16.0. The van der Waals surface area contributed by atoms with Crippen molar-refractivity contribution in [2.24, 2.45) is 5.92 Å². The van der Waals surface area contributed by atoms with Gasteiger partial charge in [-0.05, 0) is 32.8 Å². The highest BCUT2D eigenvalue weighted by Gasteiger charge is 2.25. The van der Waals surface area contributed by atoms with Gasteiger partial charge in [-0.2, -0.15) is 0 Å². The molecule has 1 aromatic rings. The Labute approximate surface area is 130 Å². The van der Waals surface area contributed by atoms with Crippen LogP contribution >= 0.6 is 15.9 Å². The van der Waals surface area contributed by atoms with Crippen LogP contribution in [0.15, 0.2) is 22.7 Å². The van der Waals surface area contributed by atoms with Gasteiger partial charge in [0.2, 0.25) is 0 Å². The van der Waals surface area contributed by atoms with Crippen molar-refractivity contribution in [1.82, 2.24) is 0 Å². The maximum absolute atomic E-state index is 11.7. The van der Waals surface area contributed by atoms with Gasteiger partial charge < -0.3 is 4.74 Å². The molecule has 1 rings (SSSR count). The van der Waals surface area contributed by atoms with Crippen LogP contribution in [0.4, 0.5) is 5.69 Å². The predicted molar refractivity (Wildman–Crippen MR) is 79.9 cm³/mol. The van der Waals surface area contributed by atoms with Gasteiger partial charge in [0.1, 0.15) is 11.7 Å². The fourth-order valence-corrected chi connectivity index (χ4v) is 2.30. The summed E-state index contributed by atoms with van der Waals surface area (Å²) in [5.41, 5.74) is 0.453. The van der Waals surface area contributed by atoms with Crippen molar-refractivity contribution >= 4 is 33.4 Å². The molecule has 0 aliphatic carbocycles. The van der Waals surface area contributed by atoms with E-state index in [1.807, 2.05) is 0 Å². The molecule has 0 bridgehead atoms. The number of ether oxygens (including phenoxy) is 1. The Morgan fingerprint density at radius 2 is 2.10 bits per heavy atom. The number of aryl methyl sites for hydroxylation is 1. The van der Waals surface area contributed by atoms with Gasteiger partial charge in [0.05, 0.1) is 11.5 Å². The Bertz CT molecular complexity index is 558. The Morgan fingerprint density at radius 1 is 1.43 bits per heavy atom. The van der Waals surface area contributed by atoms with Crippen molar-refractivity contribution < 1.29 is 19.2 Å². The molecule has 0 saturated carbocycles. The lowest BCUT2D eigenvalue weighted by Gasteiger charge is -2.12. The third kappa shape index (κ3) is 4.93. The van der Waals surface area contributed by atoms with E-state index in [4.69, 9.17) is 4.74 Å². The van der Waals surface area contributed by atoms with Gasteiger partial charge in [-0.15, -0.1) is 0 Å². The topological polar surface area (TPSA) is 86.5 Å². The number of hydrogen-bond donors (Lipinski definition) is 0. The standard InChI is InChI=1S/C14H16BrNO5/c1-3-21-14(18)12(9(2)17)7-5-10-4-6-11(15)8-13(10)16(19)20/h4,6,8,12H,3,5,7H2,1-2H3. The number of Topliss-reactive ketones (excluding diaryl/α,β-unsaturated/α-hetero) is 1. The van der Waals surface area contributed by atoms with Crippen LogP contribution in [-0.2, 0) is 20.7 Å². The molecule has 0 heterocycles. The van der Waals surface area contributed by atoms with E-state index >= 15 is 0 Å². The molecule has 0 aliphatic rings. The minimum absolute atomic E-state index is 0.0319. The Balaban J connectivity index is 2.88. The number of nitrogens with zero attached hydrogens (tertiary/aromatic N) is 1. The van der Waals surface area contributed by atoms with Crippen molar-refractivity contribution in [2.75, 3.05) is 6.61 Å². The van der Waals surface area contributed by atoms with E-state index in [0.717, 1.165) is 0 Å². The smallest absolute Gasteiger partial charge is 0.316 e. The van der Waals surface area contributed by atoms with Crippen molar-refractivity contribution in [3.8, 4) is 0 Å². The first kappa shape index (κ1) is 17.3. The predicted octanol–water partition coefficient (Wildman–Crippen LogP) is 3.06. The normalized spacial score (nSPS) is 11.8. The van der Waals surface area contributed by atoms with Crippen LogP contribution in [-0.4, -0.2) is 23.3 Å². The number of ketones is 1. The number of hydrogen-bond acceptors (Lipinski definition) is 5. The lowest BCUT2D eigenvalue weighted by atomic mass is 9.95. The average molecular weight is 358 g/mol. The molecule has 0 spiro atoms. The minimum Gasteiger partial charge on any atom is -0.465 e. The largest absolute Gasteiger partial charge is 0.465 e. The minimum atomic E-state index is -0.881. The van der Waals surface area contributed by atoms with Gasteiger partial charge in [0.25, 0.3) is 5.69 Å². The van der Waals surface area contributed by atoms with Gasteiger partial charge >= 0.3 is 5.97 Å². The molecule has 0 aliphatic heterocycles. The van der Waals surface area contributed by atoms with Crippen molar-refractivity contribution in [3.05, 3.63) is 38.3 Å². The van der Waals surface area contributed by atoms with E-state index in [2.05, 4.69) is 15.9 Å². The third-order valence-corrected chi connectivity index (χ3v) is 3.50. The Hall–Kier alpha value is -1.76. The molecular weight excluding hydrogens is 342 g/mol. The molecule has 0 fully saturated rings. The van der Waals surface area contributed by atoms with E-state index in [1.165, 1.54) is 13.0 Å². The number of halogens is 1. The van der Waals surface area contributed by atoms with Crippen LogP contribution in [0.3, 0.4) is 0 Å². The maximum atomic E-state index is 11.7. The number of nitro groups is 1. The molecule has 114 valence electrons. The summed E-state index contributed by atoms with van der Waals surface area (Å²) in [4.78, 5) is 33.7. The third-order valence-electron chi connectivity index (χ3n) is 3.01. The van der Waals surface area contributed by atoms with E-state index < -0.39 is 16.8 Å². The fourth-order valence-electron chi connectivity index (χ4n) is 1.95. The van der Waals surface area contributed by atoms with Gasteiger partial charge in [0, 0.05) is 16.1 Å². The number of benzene rings is 1. The maximum Gasteiger partial charge on any atom is 0.316 e. The molecule has 7 heteroatoms. The fraction of sp³-hybridized carbons (Fsp3) is 0.429. The van der Waals surface area contributed by atoms with E-state index in [1.54, 1.807) is 19.1 Å². The summed E-state index contributed by atoms with van der Waals surface area (Å²) in [7, 11) is 0. The molecular formula is C14H16BrNO5. The molecule has 1 unspecified atom stereocenters. The Morgan fingerprint density at radius 3 is 2.62 bits per heavy atom. The number of carbonyl (C=O) groups excluding carboxylic acids is 2. The molecule has 21 heavy (non-hydrogen) atoms. The molecule has 1 aromatic carbocycles. The van der Waals surface area contributed by atoms with Gasteiger partial charge in [-0.25, -0.2) is 0 Å². The lowest BCUT2D eigenvalue weighted by Crippen LogP contribution is -2.25. The highest BCUT2D eigenvalue weighted by atomic mass is 79.9. The summed E-state index contributed by atoms with van der Waals surface area (Å²) in [6.07, 6.45) is 0.448. The molecule has 6 nitrogen and oxygen atoms in total. The van der Waals surface area contributed by atoms with E-state index in [-0.39, 0.29) is 30.9 Å². The second-order valence-corrected chi connectivity index (χ2v) is 5.40. The van der Waals surface area contributed by atoms with E-state index in [9.17, 15) is 19.7 Å². The first-order valence-corrected chi connectivity index (χ1v) is 7.26. The zero-order valence-corrected chi connectivity index (χ0v) is 13.4. The summed E-state index contributed by atoms with van der Waals surface area (Å²) in [5, 5.41) is 11.0. The van der Waals surface area contributed by atoms with E-state index in [0.29, 0.717) is 10.0 Å². The molecule has 0 radical (unpaired) electrons. The van der Waals surface area contributed by atoms with Crippen LogP contribution in [0, 0.1) is 16.0 Å². The van der Waals surface area contributed by atoms with Crippen molar-refractivity contribution in [1.29, 1.82) is 0 Å². The monoisotopic (exact) mass is 357 g/mol. The summed E-state index contributed by atoms with van der Waals surface area (Å²) in [6.45, 7) is 3.17. The van der Waals surface area contributed by atoms with Crippen LogP contribution in [0.1, 0.15) is 25.8 Å². The SMILES string of the molecule is CCOC(=O)C(CCc1ccc(Br)cc1[N+](=O)[O-])C(C)=O. The van der Waals surface area contributed by atoms with Crippen molar-refractivity contribution in [2.45, 2.75) is 26.7 Å².